The van der Waals surface area contributed by atoms with E-state index < -0.39 is 12.0 Å². The predicted octanol–water partition coefficient (Wildman–Crippen LogP) is -0.115. The van der Waals surface area contributed by atoms with Crippen molar-refractivity contribution < 1.29 is 23.5 Å². The van der Waals surface area contributed by atoms with Gasteiger partial charge in [0.2, 0.25) is 11.8 Å². The van der Waals surface area contributed by atoms with Crippen molar-refractivity contribution in [1.82, 2.24) is 15.1 Å². The number of piperazine rings is 1. The van der Waals surface area contributed by atoms with E-state index in [4.69, 9.17) is 9.68 Å². The Balaban J connectivity index is 2.05. The van der Waals surface area contributed by atoms with Crippen LogP contribution in [0.5, 0.6) is 0 Å². The quantitative estimate of drug-likeness (QED) is 0.641. The number of carbonyl (C=O) groups is 3. The summed E-state index contributed by atoms with van der Waals surface area (Å²) >= 11 is 0. The largest absolute Gasteiger partial charge is 0.469 e. The molecule has 1 aromatic heterocycles. The Labute approximate surface area is 151 Å². The number of amides is 2. The Morgan fingerprint density at radius 1 is 1.54 bits per heavy atom. The monoisotopic (exact) mass is 362 g/mol. The average molecular weight is 362 g/mol. The molecule has 2 rings (SSSR count). The molecular weight excluding hydrogens is 340 g/mol. The van der Waals surface area contributed by atoms with E-state index in [1.54, 1.807) is 17.0 Å². The summed E-state index contributed by atoms with van der Waals surface area (Å²) in [4.78, 5) is 39.6. The molecule has 9 heteroatoms. The lowest BCUT2D eigenvalue weighted by Crippen LogP contribution is -2.58. The minimum atomic E-state index is -0.749. The van der Waals surface area contributed by atoms with Crippen molar-refractivity contribution >= 4 is 17.8 Å². The number of nitrogens with zero attached hydrogens (tertiary/aromatic N) is 3. The molecule has 0 bridgehead atoms. The van der Waals surface area contributed by atoms with Gasteiger partial charge in [0, 0.05) is 19.6 Å². The molecule has 2 amide bonds. The van der Waals surface area contributed by atoms with Crippen molar-refractivity contribution in [2.45, 2.75) is 25.4 Å². The molecule has 26 heavy (non-hydrogen) atoms. The highest BCUT2D eigenvalue weighted by Crippen LogP contribution is 2.12. The summed E-state index contributed by atoms with van der Waals surface area (Å²) in [7, 11) is 1.26. The van der Waals surface area contributed by atoms with Gasteiger partial charge in [-0.2, -0.15) is 5.26 Å². The number of esters is 1. The van der Waals surface area contributed by atoms with E-state index in [1.807, 2.05) is 6.07 Å². The lowest BCUT2D eigenvalue weighted by molar-refractivity contribution is -0.147. The number of furan rings is 1. The highest BCUT2D eigenvalue weighted by molar-refractivity contribution is 5.88. The fourth-order valence-corrected chi connectivity index (χ4v) is 2.76. The van der Waals surface area contributed by atoms with Gasteiger partial charge in [0.15, 0.2) is 0 Å². The van der Waals surface area contributed by atoms with Crippen LogP contribution in [0.15, 0.2) is 22.8 Å². The second kappa shape index (κ2) is 9.58. The Bertz CT molecular complexity index is 667. The highest BCUT2D eigenvalue weighted by Gasteiger charge is 2.34. The number of methoxy groups -OCH3 is 1. The third-order valence-corrected chi connectivity index (χ3v) is 4.14. The molecule has 0 spiro atoms. The van der Waals surface area contributed by atoms with Gasteiger partial charge in [-0.15, -0.1) is 0 Å². The van der Waals surface area contributed by atoms with Gasteiger partial charge in [-0.3, -0.25) is 19.3 Å². The zero-order chi connectivity index (χ0) is 18.9. The third-order valence-electron chi connectivity index (χ3n) is 4.14. The molecule has 1 N–H and O–H groups in total. The van der Waals surface area contributed by atoms with E-state index in [9.17, 15) is 14.4 Å². The molecule has 9 nitrogen and oxygen atoms in total. The first-order valence-electron chi connectivity index (χ1n) is 8.30. The van der Waals surface area contributed by atoms with Gasteiger partial charge in [0.1, 0.15) is 11.8 Å². The maximum absolute atomic E-state index is 12.7. The first kappa shape index (κ1) is 19.5. The third kappa shape index (κ3) is 5.32. The van der Waals surface area contributed by atoms with Crippen molar-refractivity contribution in [3.05, 3.63) is 24.2 Å². The molecular formula is C17H22N4O5. The summed E-state index contributed by atoms with van der Waals surface area (Å²) in [6.45, 7) is 1.33. The number of ether oxygens (including phenoxy) is 1. The van der Waals surface area contributed by atoms with Crippen LogP contribution in [0.1, 0.15) is 18.6 Å². The van der Waals surface area contributed by atoms with Crippen LogP contribution in [0.4, 0.5) is 0 Å². The topological polar surface area (TPSA) is 116 Å². The van der Waals surface area contributed by atoms with Crippen LogP contribution in [0, 0.1) is 11.3 Å². The van der Waals surface area contributed by atoms with Crippen LogP contribution in [0.25, 0.3) is 0 Å². The Hall–Kier alpha value is -2.86. The molecule has 1 saturated heterocycles. The fourth-order valence-electron chi connectivity index (χ4n) is 2.76. The minimum Gasteiger partial charge on any atom is -0.469 e. The SMILES string of the molecule is COC(=O)CC1C(=O)NCCN1CC(=O)N(CCC#N)Cc1ccco1. The lowest BCUT2D eigenvalue weighted by Gasteiger charge is -2.35. The van der Waals surface area contributed by atoms with E-state index in [-0.39, 0.29) is 44.3 Å². The molecule has 1 aliphatic rings. The molecule has 0 aliphatic carbocycles. The second-order valence-electron chi connectivity index (χ2n) is 5.86. The van der Waals surface area contributed by atoms with Gasteiger partial charge in [0.25, 0.3) is 0 Å². The van der Waals surface area contributed by atoms with Crippen molar-refractivity contribution in [2.75, 3.05) is 33.3 Å². The molecule has 2 heterocycles. The smallest absolute Gasteiger partial charge is 0.307 e. The molecule has 0 aromatic carbocycles. The van der Waals surface area contributed by atoms with E-state index in [0.717, 1.165) is 0 Å². The minimum absolute atomic E-state index is 0.0266. The molecule has 1 atom stereocenters. The summed E-state index contributed by atoms with van der Waals surface area (Å²) in [6.07, 6.45) is 1.59. The molecule has 1 fully saturated rings. The van der Waals surface area contributed by atoms with E-state index in [1.165, 1.54) is 18.3 Å². The maximum atomic E-state index is 12.7. The highest BCUT2D eigenvalue weighted by atomic mass is 16.5. The van der Waals surface area contributed by atoms with Gasteiger partial charge >= 0.3 is 5.97 Å². The van der Waals surface area contributed by atoms with E-state index in [2.05, 4.69) is 10.1 Å². The summed E-state index contributed by atoms with van der Waals surface area (Å²) < 4.78 is 9.91. The normalized spacial score (nSPS) is 17.2. The summed E-state index contributed by atoms with van der Waals surface area (Å²) in [5.74, 6) is -0.439. The van der Waals surface area contributed by atoms with Crippen LogP contribution in [0.3, 0.4) is 0 Å². The van der Waals surface area contributed by atoms with Crippen LogP contribution >= 0.6 is 0 Å². The number of nitriles is 1. The Kier molecular flexibility index (Phi) is 7.17. The summed E-state index contributed by atoms with van der Waals surface area (Å²) in [6, 6.07) is 4.75. The number of hydrogen-bond donors (Lipinski definition) is 1. The summed E-state index contributed by atoms with van der Waals surface area (Å²) in [5.41, 5.74) is 0. The molecule has 0 radical (unpaired) electrons. The van der Waals surface area contributed by atoms with Gasteiger partial charge in [-0.25, -0.2) is 0 Å². The van der Waals surface area contributed by atoms with Crippen molar-refractivity contribution in [3.63, 3.8) is 0 Å². The van der Waals surface area contributed by atoms with Gasteiger partial charge in [-0.05, 0) is 12.1 Å². The van der Waals surface area contributed by atoms with Crippen LogP contribution < -0.4 is 5.32 Å². The Morgan fingerprint density at radius 3 is 3.00 bits per heavy atom. The maximum Gasteiger partial charge on any atom is 0.307 e. The number of hydrogen-bond acceptors (Lipinski definition) is 7. The average Bonchev–Trinajstić information content (AvgIpc) is 3.14. The Morgan fingerprint density at radius 2 is 2.35 bits per heavy atom. The van der Waals surface area contributed by atoms with Crippen molar-refractivity contribution in [2.24, 2.45) is 0 Å². The van der Waals surface area contributed by atoms with Crippen molar-refractivity contribution in [1.29, 1.82) is 5.26 Å². The van der Waals surface area contributed by atoms with Gasteiger partial charge < -0.3 is 19.4 Å². The molecule has 140 valence electrons. The predicted molar refractivity (Wildman–Crippen MR) is 89.4 cm³/mol. The first-order chi connectivity index (χ1) is 12.5. The van der Waals surface area contributed by atoms with E-state index in [0.29, 0.717) is 18.8 Å². The van der Waals surface area contributed by atoms with Crippen LogP contribution in [-0.4, -0.2) is 66.9 Å². The zero-order valence-corrected chi connectivity index (χ0v) is 14.6. The number of rotatable bonds is 8. The number of nitrogens with one attached hydrogen (secondary N) is 1. The zero-order valence-electron chi connectivity index (χ0n) is 14.6. The van der Waals surface area contributed by atoms with Gasteiger partial charge in [0.05, 0.1) is 45.4 Å². The van der Waals surface area contributed by atoms with Gasteiger partial charge in [-0.1, -0.05) is 0 Å². The summed E-state index contributed by atoms with van der Waals surface area (Å²) in [5, 5.41) is 11.5. The fraction of sp³-hybridized carbons (Fsp3) is 0.529. The first-order valence-corrected chi connectivity index (χ1v) is 8.30. The van der Waals surface area contributed by atoms with Crippen molar-refractivity contribution in [3.8, 4) is 6.07 Å². The molecule has 1 unspecified atom stereocenters. The number of carbonyl (C=O) groups excluding carboxylic acids is 3. The molecule has 1 aromatic rings. The molecule has 1 aliphatic heterocycles. The van der Waals surface area contributed by atoms with Crippen LogP contribution in [-0.2, 0) is 25.7 Å². The second-order valence-corrected chi connectivity index (χ2v) is 5.86. The van der Waals surface area contributed by atoms with Crippen LogP contribution in [0.2, 0.25) is 0 Å². The molecule has 0 saturated carbocycles. The standard InChI is InChI=1S/C17H22N4O5/c1-25-16(23)10-14-17(24)19-6-8-20(14)12-15(22)21(7-3-5-18)11-13-4-2-9-26-13/h2,4,9,14H,3,6-8,10-12H2,1H3,(H,19,24). The lowest BCUT2D eigenvalue weighted by atomic mass is 10.1. The van der Waals surface area contributed by atoms with E-state index >= 15 is 0 Å².